The van der Waals surface area contributed by atoms with Crippen LogP contribution < -0.4 is 15.4 Å². The average Bonchev–Trinajstić information content (AvgIpc) is 2.77. The van der Waals surface area contributed by atoms with Crippen LogP contribution in [-0.4, -0.2) is 42.3 Å². The number of nitrogens with one attached hydrogen (secondary N) is 3. The molecule has 8 nitrogen and oxygen atoms in total. The van der Waals surface area contributed by atoms with Crippen molar-refractivity contribution in [1.82, 2.24) is 15.3 Å². The van der Waals surface area contributed by atoms with Gasteiger partial charge < -0.3 is 10.6 Å². The number of sulfonamides is 1. The zero-order valence-electron chi connectivity index (χ0n) is 19.1. The summed E-state index contributed by atoms with van der Waals surface area (Å²) in [6.45, 7) is 3.19. The van der Waals surface area contributed by atoms with E-state index in [1.54, 1.807) is 19.9 Å². The molecule has 198 valence electrons. The molecule has 0 aliphatic carbocycles. The quantitative estimate of drug-likeness (QED) is 0.295. The second-order valence-electron chi connectivity index (χ2n) is 7.79. The SMILES string of the molecule is Cc1cc(C)nc(NS(=O)(=O)c2ccc(NC(NC(=O)c3ccccc3)(C(F)(F)F)C(F)(F)F)cc2)n1. The lowest BCUT2D eigenvalue weighted by atomic mass is 10.1. The fourth-order valence-corrected chi connectivity index (χ4v) is 4.14. The Bertz CT molecular complexity index is 1340. The van der Waals surface area contributed by atoms with Crippen molar-refractivity contribution < 1.29 is 39.6 Å². The van der Waals surface area contributed by atoms with Crippen molar-refractivity contribution in [3.05, 3.63) is 77.6 Å². The molecule has 3 N–H and O–H groups in total. The van der Waals surface area contributed by atoms with Gasteiger partial charge in [-0.1, -0.05) is 18.2 Å². The summed E-state index contributed by atoms with van der Waals surface area (Å²) in [6, 6.07) is 10.6. The number of aromatic nitrogens is 2. The van der Waals surface area contributed by atoms with E-state index in [0.29, 0.717) is 23.5 Å². The summed E-state index contributed by atoms with van der Waals surface area (Å²) in [5.74, 6) is -1.91. The van der Waals surface area contributed by atoms with Crippen LogP contribution in [0.25, 0.3) is 0 Å². The predicted octanol–water partition coefficient (Wildman–Crippen LogP) is 4.56. The van der Waals surface area contributed by atoms with Crippen molar-refractivity contribution in [2.24, 2.45) is 0 Å². The molecule has 0 saturated heterocycles. The molecule has 37 heavy (non-hydrogen) atoms. The maximum absolute atomic E-state index is 13.9. The zero-order valence-corrected chi connectivity index (χ0v) is 19.9. The number of benzene rings is 2. The van der Waals surface area contributed by atoms with Crippen molar-refractivity contribution >= 4 is 27.6 Å². The molecule has 0 aliphatic heterocycles. The summed E-state index contributed by atoms with van der Waals surface area (Å²) in [4.78, 5) is 19.6. The first-order chi connectivity index (χ1) is 17.0. The van der Waals surface area contributed by atoms with Gasteiger partial charge in [0.05, 0.1) is 4.90 Å². The van der Waals surface area contributed by atoms with Crippen LogP contribution in [0.15, 0.2) is 65.6 Å². The Kier molecular flexibility index (Phi) is 7.40. The van der Waals surface area contributed by atoms with Gasteiger partial charge in [0.2, 0.25) is 5.95 Å². The van der Waals surface area contributed by atoms with E-state index in [1.165, 1.54) is 23.5 Å². The highest BCUT2D eigenvalue weighted by Gasteiger charge is 2.72. The normalized spacial score (nSPS) is 12.6. The Morgan fingerprint density at radius 1 is 0.811 bits per heavy atom. The largest absolute Gasteiger partial charge is 0.439 e. The lowest BCUT2D eigenvalue weighted by molar-refractivity contribution is -0.294. The van der Waals surface area contributed by atoms with E-state index in [1.807, 2.05) is 0 Å². The smallest absolute Gasteiger partial charge is 0.348 e. The van der Waals surface area contributed by atoms with Gasteiger partial charge in [0, 0.05) is 22.6 Å². The van der Waals surface area contributed by atoms with E-state index in [4.69, 9.17) is 0 Å². The number of amides is 1. The number of alkyl halides is 6. The molecule has 15 heteroatoms. The number of hydrogen-bond acceptors (Lipinski definition) is 6. The number of hydrogen-bond donors (Lipinski definition) is 3. The van der Waals surface area contributed by atoms with Gasteiger partial charge in [-0.15, -0.1) is 0 Å². The van der Waals surface area contributed by atoms with Gasteiger partial charge in [-0.05, 0) is 56.3 Å². The second-order valence-corrected chi connectivity index (χ2v) is 9.48. The third-order valence-corrected chi connectivity index (χ3v) is 6.24. The first kappa shape index (κ1) is 27.7. The minimum atomic E-state index is -6.05. The van der Waals surface area contributed by atoms with Crippen LogP contribution in [0.3, 0.4) is 0 Å². The van der Waals surface area contributed by atoms with Crippen molar-refractivity contribution in [3.8, 4) is 0 Å². The third-order valence-electron chi connectivity index (χ3n) is 4.89. The third kappa shape index (κ3) is 6.10. The van der Waals surface area contributed by atoms with E-state index in [0.717, 1.165) is 29.6 Å². The van der Waals surface area contributed by atoms with Gasteiger partial charge in [0.1, 0.15) is 0 Å². The minimum Gasteiger partial charge on any atom is -0.348 e. The summed E-state index contributed by atoms with van der Waals surface area (Å²) in [6.07, 6.45) is -12.1. The Balaban J connectivity index is 1.93. The van der Waals surface area contributed by atoms with Crippen molar-refractivity contribution in [2.45, 2.75) is 36.8 Å². The van der Waals surface area contributed by atoms with Crippen LogP contribution >= 0.6 is 0 Å². The second kappa shape index (κ2) is 9.88. The summed E-state index contributed by atoms with van der Waals surface area (Å²) < 4.78 is 111. The van der Waals surface area contributed by atoms with Crippen molar-refractivity contribution in [3.63, 3.8) is 0 Å². The summed E-state index contributed by atoms with van der Waals surface area (Å²) in [5, 5.41) is 2.31. The van der Waals surface area contributed by atoms with E-state index in [2.05, 4.69) is 14.7 Å². The minimum absolute atomic E-state index is 0.267. The maximum atomic E-state index is 13.9. The van der Waals surface area contributed by atoms with Gasteiger partial charge >= 0.3 is 18.0 Å². The van der Waals surface area contributed by atoms with Crippen LogP contribution in [0.5, 0.6) is 0 Å². The molecule has 1 aromatic heterocycles. The first-order valence-electron chi connectivity index (χ1n) is 10.3. The monoisotopic (exact) mass is 547 g/mol. The molecule has 2 aromatic carbocycles. The van der Waals surface area contributed by atoms with Crippen LogP contribution in [0, 0.1) is 13.8 Å². The van der Waals surface area contributed by atoms with Gasteiger partial charge in [-0.2, -0.15) is 26.3 Å². The van der Waals surface area contributed by atoms with Gasteiger partial charge in [-0.3, -0.25) is 4.79 Å². The number of rotatable bonds is 7. The maximum Gasteiger partial charge on any atom is 0.439 e. The molecular formula is C22H19F6N5O3S. The number of halogens is 6. The fraction of sp³-hybridized carbons (Fsp3) is 0.227. The predicted molar refractivity (Wildman–Crippen MR) is 121 cm³/mol. The van der Waals surface area contributed by atoms with E-state index in [-0.39, 0.29) is 5.95 Å². The molecule has 1 heterocycles. The Morgan fingerprint density at radius 2 is 1.32 bits per heavy atom. The number of nitrogens with zero attached hydrogens (tertiary/aromatic N) is 2. The Labute approximate surface area is 207 Å². The fourth-order valence-electron chi connectivity index (χ4n) is 3.19. The molecule has 0 radical (unpaired) electrons. The molecular weight excluding hydrogens is 528 g/mol. The van der Waals surface area contributed by atoms with Gasteiger partial charge in [0.25, 0.3) is 15.9 Å². The lowest BCUT2D eigenvalue weighted by Crippen LogP contribution is -2.72. The number of carbonyl (C=O) groups excluding carboxylic acids is 1. The topological polar surface area (TPSA) is 113 Å². The highest BCUT2D eigenvalue weighted by molar-refractivity contribution is 7.92. The zero-order chi connectivity index (χ0) is 27.6. The molecule has 0 fully saturated rings. The van der Waals surface area contributed by atoms with Crippen LogP contribution in [-0.2, 0) is 10.0 Å². The molecule has 0 bridgehead atoms. The lowest BCUT2D eigenvalue weighted by Gasteiger charge is -2.39. The summed E-state index contributed by atoms with van der Waals surface area (Å²) in [5.41, 5.74) is -5.19. The van der Waals surface area contributed by atoms with E-state index in [9.17, 15) is 39.6 Å². The molecule has 0 unspecified atom stereocenters. The standard InChI is InChI=1S/C22H19F6N5O3S/c1-13-12-14(2)30-19(29-13)33-37(35,36)17-10-8-16(9-11-17)31-20(21(23,24)25,22(26,27)28)32-18(34)15-6-4-3-5-7-15/h3-12,31H,1-2H3,(H,32,34)(H,29,30,33). The van der Waals surface area contributed by atoms with Crippen molar-refractivity contribution in [2.75, 3.05) is 10.0 Å². The molecule has 1 amide bonds. The van der Waals surface area contributed by atoms with Crippen molar-refractivity contribution in [1.29, 1.82) is 0 Å². The number of carbonyl (C=O) groups is 1. The average molecular weight is 547 g/mol. The molecule has 0 atom stereocenters. The molecule has 0 saturated carbocycles. The molecule has 3 aromatic rings. The molecule has 3 rings (SSSR count). The van der Waals surface area contributed by atoms with E-state index >= 15 is 0 Å². The Morgan fingerprint density at radius 3 is 1.81 bits per heavy atom. The molecule has 0 spiro atoms. The highest BCUT2D eigenvalue weighted by Crippen LogP contribution is 2.43. The van der Waals surface area contributed by atoms with Crippen LogP contribution in [0.1, 0.15) is 21.7 Å². The highest BCUT2D eigenvalue weighted by atomic mass is 32.2. The number of anilines is 2. The number of aryl methyl sites for hydroxylation is 2. The van der Waals surface area contributed by atoms with Crippen LogP contribution in [0.2, 0.25) is 0 Å². The van der Waals surface area contributed by atoms with Crippen LogP contribution in [0.4, 0.5) is 38.0 Å². The first-order valence-corrected chi connectivity index (χ1v) is 11.8. The molecule has 0 aliphatic rings. The summed E-state index contributed by atoms with van der Waals surface area (Å²) >= 11 is 0. The van der Waals surface area contributed by atoms with Gasteiger partial charge in [-0.25, -0.2) is 23.1 Å². The van der Waals surface area contributed by atoms with Gasteiger partial charge in [0.15, 0.2) is 0 Å². The van der Waals surface area contributed by atoms with E-state index < -0.39 is 50.1 Å². The summed E-state index contributed by atoms with van der Waals surface area (Å²) in [7, 11) is -4.34. The Hall–Kier alpha value is -3.88.